The van der Waals surface area contributed by atoms with Gasteiger partial charge in [-0.3, -0.25) is 4.90 Å². The predicted molar refractivity (Wildman–Crippen MR) is 103 cm³/mol. The third kappa shape index (κ3) is 3.73. The molecule has 0 bridgehead atoms. The normalized spacial score (nSPS) is 20.0. The van der Waals surface area contributed by atoms with Gasteiger partial charge in [0, 0.05) is 38.5 Å². The lowest BCUT2D eigenvalue weighted by Crippen LogP contribution is -2.27. The van der Waals surface area contributed by atoms with Gasteiger partial charge in [0.1, 0.15) is 0 Å². The second-order valence-electron chi connectivity index (χ2n) is 7.51. The Bertz CT molecular complexity index is 750. The van der Waals surface area contributed by atoms with Gasteiger partial charge in [0.15, 0.2) is 0 Å². The summed E-state index contributed by atoms with van der Waals surface area (Å²) in [5.41, 5.74) is 8.30. The highest BCUT2D eigenvalue weighted by molar-refractivity contribution is 5.49. The molecule has 0 saturated carbocycles. The first-order valence-corrected chi connectivity index (χ1v) is 9.44. The van der Waals surface area contributed by atoms with E-state index in [4.69, 9.17) is 4.74 Å². The SMILES string of the molecule is Cc1ccc(NCc2cccc3c2CN(CC2CCCO2)C3)cc1C. The maximum Gasteiger partial charge on any atom is 0.0703 e. The number of ether oxygens (including phenoxy) is 1. The van der Waals surface area contributed by atoms with E-state index in [1.807, 2.05) is 0 Å². The predicted octanol–water partition coefficient (Wildman–Crippen LogP) is 4.41. The maximum atomic E-state index is 5.82. The van der Waals surface area contributed by atoms with E-state index < -0.39 is 0 Å². The van der Waals surface area contributed by atoms with Crippen LogP contribution in [0.1, 0.15) is 40.7 Å². The lowest BCUT2D eigenvalue weighted by molar-refractivity contribution is 0.0723. The summed E-state index contributed by atoms with van der Waals surface area (Å²) in [6, 6.07) is 13.4. The van der Waals surface area contributed by atoms with Gasteiger partial charge in [0.25, 0.3) is 0 Å². The number of benzene rings is 2. The summed E-state index contributed by atoms with van der Waals surface area (Å²) in [6.45, 7) is 9.34. The molecule has 1 N–H and O–H groups in total. The molecule has 1 saturated heterocycles. The highest BCUT2D eigenvalue weighted by Crippen LogP contribution is 2.28. The zero-order valence-corrected chi connectivity index (χ0v) is 15.3. The molecule has 3 heteroatoms. The highest BCUT2D eigenvalue weighted by atomic mass is 16.5. The lowest BCUT2D eigenvalue weighted by Gasteiger charge is -2.19. The standard InChI is InChI=1S/C22H28N2O/c1-16-8-9-20(11-17(16)2)23-12-18-5-3-6-19-13-24(15-22(18)19)14-21-7-4-10-25-21/h3,5-6,8-9,11,21,23H,4,7,10,12-15H2,1-2H3. The first-order chi connectivity index (χ1) is 12.2. The van der Waals surface area contributed by atoms with Crippen molar-refractivity contribution in [2.45, 2.75) is 52.4 Å². The Labute approximate surface area is 151 Å². The van der Waals surface area contributed by atoms with Crippen LogP contribution in [0.15, 0.2) is 36.4 Å². The molecule has 3 nitrogen and oxygen atoms in total. The average Bonchev–Trinajstić information content (AvgIpc) is 3.25. The van der Waals surface area contributed by atoms with Gasteiger partial charge in [-0.25, -0.2) is 0 Å². The number of nitrogens with zero attached hydrogens (tertiary/aromatic N) is 1. The van der Waals surface area contributed by atoms with Crippen LogP contribution in [0, 0.1) is 13.8 Å². The van der Waals surface area contributed by atoms with Gasteiger partial charge in [-0.2, -0.15) is 0 Å². The van der Waals surface area contributed by atoms with Crippen LogP contribution in [-0.4, -0.2) is 24.2 Å². The molecule has 132 valence electrons. The molecule has 2 aromatic carbocycles. The summed E-state index contributed by atoms with van der Waals surface area (Å²) in [5, 5.41) is 3.60. The minimum Gasteiger partial charge on any atom is -0.381 e. The summed E-state index contributed by atoms with van der Waals surface area (Å²) in [5.74, 6) is 0. The number of aryl methyl sites for hydroxylation is 2. The Balaban J connectivity index is 1.42. The lowest BCUT2D eigenvalue weighted by atomic mass is 10.0. The van der Waals surface area contributed by atoms with E-state index in [9.17, 15) is 0 Å². The molecular weight excluding hydrogens is 308 g/mol. The van der Waals surface area contributed by atoms with Crippen LogP contribution in [-0.2, 0) is 24.4 Å². The van der Waals surface area contributed by atoms with Crippen molar-refractivity contribution >= 4 is 5.69 Å². The zero-order chi connectivity index (χ0) is 17.2. The van der Waals surface area contributed by atoms with Crippen molar-refractivity contribution in [1.29, 1.82) is 0 Å². The topological polar surface area (TPSA) is 24.5 Å². The van der Waals surface area contributed by atoms with Gasteiger partial charge in [-0.1, -0.05) is 24.3 Å². The van der Waals surface area contributed by atoms with Crippen LogP contribution >= 0.6 is 0 Å². The Morgan fingerprint density at radius 2 is 2.04 bits per heavy atom. The second-order valence-corrected chi connectivity index (χ2v) is 7.51. The minimum absolute atomic E-state index is 0.437. The average molecular weight is 336 g/mol. The molecule has 2 aliphatic heterocycles. The number of nitrogens with one attached hydrogen (secondary N) is 1. The van der Waals surface area contributed by atoms with Crippen LogP contribution < -0.4 is 5.32 Å². The van der Waals surface area contributed by atoms with Gasteiger partial charge in [-0.05, 0) is 66.6 Å². The van der Waals surface area contributed by atoms with E-state index in [-0.39, 0.29) is 0 Å². The van der Waals surface area contributed by atoms with Crippen molar-refractivity contribution in [3.8, 4) is 0 Å². The van der Waals surface area contributed by atoms with Gasteiger partial charge in [0.05, 0.1) is 6.10 Å². The molecule has 25 heavy (non-hydrogen) atoms. The van der Waals surface area contributed by atoms with Crippen molar-refractivity contribution in [2.24, 2.45) is 0 Å². The van der Waals surface area contributed by atoms with E-state index in [1.54, 1.807) is 0 Å². The smallest absolute Gasteiger partial charge is 0.0703 e. The zero-order valence-electron chi connectivity index (χ0n) is 15.3. The molecule has 0 spiro atoms. The van der Waals surface area contributed by atoms with Crippen LogP contribution in [0.25, 0.3) is 0 Å². The van der Waals surface area contributed by atoms with E-state index in [0.29, 0.717) is 6.10 Å². The molecule has 0 radical (unpaired) electrons. The van der Waals surface area contributed by atoms with Gasteiger partial charge in [-0.15, -0.1) is 0 Å². The molecular formula is C22H28N2O. The Kier molecular flexibility index (Phi) is 4.78. The molecule has 2 aromatic rings. The number of hydrogen-bond donors (Lipinski definition) is 1. The van der Waals surface area contributed by atoms with Crippen LogP contribution in [0.2, 0.25) is 0 Å². The third-order valence-corrected chi connectivity index (χ3v) is 5.62. The fourth-order valence-corrected chi connectivity index (χ4v) is 3.98. The van der Waals surface area contributed by atoms with Crippen molar-refractivity contribution in [3.63, 3.8) is 0 Å². The van der Waals surface area contributed by atoms with Crippen LogP contribution in [0.5, 0.6) is 0 Å². The van der Waals surface area contributed by atoms with E-state index >= 15 is 0 Å². The monoisotopic (exact) mass is 336 g/mol. The largest absolute Gasteiger partial charge is 0.381 e. The quantitative estimate of drug-likeness (QED) is 0.875. The summed E-state index contributed by atoms with van der Waals surface area (Å²) in [6.07, 6.45) is 2.87. The summed E-state index contributed by atoms with van der Waals surface area (Å²) < 4.78 is 5.82. The van der Waals surface area contributed by atoms with Crippen molar-refractivity contribution in [2.75, 3.05) is 18.5 Å². The van der Waals surface area contributed by atoms with E-state index in [1.165, 1.54) is 46.3 Å². The number of fused-ring (bicyclic) bond motifs is 1. The number of rotatable bonds is 5. The van der Waals surface area contributed by atoms with Crippen molar-refractivity contribution < 1.29 is 4.74 Å². The fraction of sp³-hybridized carbons (Fsp3) is 0.455. The molecule has 0 amide bonds. The first-order valence-electron chi connectivity index (χ1n) is 9.44. The Morgan fingerprint density at radius 1 is 1.12 bits per heavy atom. The Morgan fingerprint density at radius 3 is 2.84 bits per heavy atom. The van der Waals surface area contributed by atoms with Gasteiger partial charge in [0.2, 0.25) is 0 Å². The fourth-order valence-electron chi connectivity index (χ4n) is 3.98. The maximum absolute atomic E-state index is 5.82. The molecule has 1 atom stereocenters. The summed E-state index contributed by atoms with van der Waals surface area (Å²) in [4.78, 5) is 2.54. The number of hydrogen-bond acceptors (Lipinski definition) is 3. The first kappa shape index (κ1) is 16.6. The third-order valence-electron chi connectivity index (χ3n) is 5.62. The summed E-state index contributed by atoms with van der Waals surface area (Å²) in [7, 11) is 0. The minimum atomic E-state index is 0.437. The van der Waals surface area contributed by atoms with E-state index in [2.05, 4.69) is 60.5 Å². The van der Waals surface area contributed by atoms with Gasteiger partial charge < -0.3 is 10.1 Å². The molecule has 1 unspecified atom stereocenters. The van der Waals surface area contributed by atoms with E-state index in [0.717, 1.165) is 32.8 Å². The molecule has 2 aliphatic rings. The van der Waals surface area contributed by atoms with Crippen molar-refractivity contribution in [3.05, 3.63) is 64.2 Å². The molecule has 2 heterocycles. The highest BCUT2D eigenvalue weighted by Gasteiger charge is 2.25. The second kappa shape index (κ2) is 7.19. The Hall–Kier alpha value is -1.84. The molecule has 4 rings (SSSR count). The van der Waals surface area contributed by atoms with Crippen molar-refractivity contribution in [1.82, 2.24) is 4.90 Å². The number of anilines is 1. The van der Waals surface area contributed by atoms with Crippen LogP contribution in [0.4, 0.5) is 5.69 Å². The molecule has 0 aliphatic carbocycles. The summed E-state index contributed by atoms with van der Waals surface area (Å²) >= 11 is 0. The van der Waals surface area contributed by atoms with Crippen LogP contribution in [0.3, 0.4) is 0 Å². The molecule has 1 fully saturated rings. The van der Waals surface area contributed by atoms with Gasteiger partial charge >= 0.3 is 0 Å². The molecule has 0 aromatic heterocycles.